The van der Waals surface area contributed by atoms with Crippen LogP contribution in [0.5, 0.6) is 11.5 Å². The van der Waals surface area contributed by atoms with Gasteiger partial charge < -0.3 is 19.1 Å². The minimum atomic E-state index is -0.879. The van der Waals surface area contributed by atoms with Crippen LogP contribution in [0.3, 0.4) is 0 Å². The van der Waals surface area contributed by atoms with E-state index in [-0.39, 0.29) is 5.91 Å². The lowest BCUT2D eigenvalue weighted by Gasteiger charge is -2.21. The molecule has 6 heteroatoms. The van der Waals surface area contributed by atoms with Gasteiger partial charge in [-0.3, -0.25) is 4.79 Å². The van der Waals surface area contributed by atoms with E-state index in [0.717, 1.165) is 17.7 Å². The van der Waals surface area contributed by atoms with Crippen LogP contribution in [0.4, 0.5) is 5.69 Å². The number of para-hydroxylation sites is 1. The van der Waals surface area contributed by atoms with Gasteiger partial charge in [0.25, 0.3) is 5.91 Å². The summed E-state index contributed by atoms with van der Waals surface area (Å²) in [5.41, 5.74) is 2.68. The van der Waals surface area contributed by atoms with E-state index in [1.54, 1.807) is 50.3 Å². The number of carbonyl (C=O) groups is 2. The molecule has 0 aromatic heterocycles. The van der Waals surface area contributed by atoms with Crippen molar-refractivity contribution < 1.29 is 23.8 Å². The van der Waals surface area contributed by atoms with Crippen LogP contribution in [0, 0.1) is 0 Å². The molecule has 0 spiro atoms. The number of methoxy groups -OCH3 is 2. The molecule has 28 heavy (non-hydrogen) atoms. The van der Waals surface area contributed by atoms with E-state index in [9.17, 15) is 9.59 Å². The molecule has 1 aliphatic heterocycles. The Balaban J connectivity index is 1.65. The number of rotatable bonds is 6. The first-order valence-corrected chi connectivity index (χ1v) is 9.03. The predicted molar refractivity (Wildman–Crippen MR) is 107 cm³/mol. The van der Waals surface area contributed by atoms with E-state index in [2.05, 4.69) is 0 Å². The monoisotopic (exact) mass is 381 g/mol. The molecule has 0 saturated heterocycles. The molecule has 0 radical (unpaired) electrons. The van der Waals surface area contributed by atoms with Crippen molar-refractivity contribution >= 4 is 23.6 Å². The van der Waals surface area contributed by atoms with E-state index in [1.807, 2.05) is 24.3 Å². The van der Waals surface area contributed by atoms with Crippen LogP contribution in [0.15, 0.2) is 48.5 Å². The Hall–Kier alpha value is -3.28. The lowest BCUT2D eigenvalue weighted by Crippen LogP contribution is -2.38. The molecule has 1 aliphatic rings. The summed E-state index contributed by atoms with van der Waals surface area (Å²) in [5, 5.41) is 0. The van der Waals surface area contributed by atoms with Crippen molar-refractivity contribution in [1.82, 2.24) is 0 Å². The first-order valence-electron chi connectivity index (χ1n) is 9.03. The van der Waals surface area contributed by atoms with Gasteiger partial charge in [-0.2, -0.15) is 0 Å². The van der Waals surface area contributed by atoms with Crippen molar-refractivity contribution in [2.75, 3.05) is 25.7 Å². The fourth-order valence-electron chi connectivity index (χ4n) is 3.18. The van der Waals surface area contributed by atoms with E-state index in [1.165, 1.54) is 6.08 Å². The zero-order valence-corrected chi connectivity index (χ0v) is 16.2. The highest BCUT2D eigenvalue weighted by molar-refractivity contribution is 6.00. The van der Waals surface area contributed by atoms with Crippen LogP contribution in [0.2, 0.25) is 0 Å². The maximum atomic E-state index is 12.7. The van der Waals surface area contributed by atoms with Gasteiger partial charge in [-0.15, -0.1) is 0 Å². The molecule has 0 N–H and O–H groups in total. The Kier molecular flexibility index (Phi) is 5.99. The minimum absolute atomic E-state index is 0.231. The Morgan fingerprint density at radius 1 is 1.11 bits per heavy atom. The van der Waals surface area contributed by atoms with Gasteiger partial charge in [-0.05, 0) is 49.2 Å². The molecular weight excluding hydrogens is 358 g/mol. The Morgan fingerprint density at radius 2 is 1.89 bits per heavy atom. The number of amides is 1. The molecule has 1 heterocycles. The maximum absolute atomic E-state index is 12.7. The Bertz CT molecular complexity index is 906. The van der Waals surface area contributed by atoms with E-state index in [4.69, 9.17) is 14.2 Å². The lowest BCUT2D eigenvalue weighted by atomic mass is 10.1. The first-order chi connectivity index (χ1) is 13.5. The number of ether oxygens (including phenoxy) is 3. The highest BCUT2D eigenvalue weighted by atomic mass is 16.5. The molecule has 1 atom stereocenters. The first kappa shape index (κ1) is 19.5. The molecule has 0 aliphatic carbocycles. The summed E-state index contributed by atoms with van der Waals surface area (Å²) in [5.74, 6) is 0.413. The van der Waals surface area contributed by atoms with Crippen LogP contribution in [0.1, 0.15) is 18.1 Å². The number of fused-ring (bicyclic) bond motifs is 1. The van der Waals surface area contributed by atoms with Gasteiger partial charge >= 0.3 is 5.97 Å². The molecule has 1 amide bonds. The zero-order valence-electron chi connectivity index (χ0n) is 16.2. The number of benzene rings is 2. The molecule has 1 unspecified atom stereocenters. The molecule has 0 bridgehead atoms. The SMILES string of the molecule is COc1ccc(OC)c(/C=C/C(=O)OC(C)C(=O)N2CCc3ccccc32)c1. The summed E-state index contributed by atoms with van der Waals surface area (Å²) in [7, 11) is 3.11. The average molecular weight is 381 g/mol. The van der Waals surface area contributed by atoms with Crippen molar-refractivity contribution in [1.29, 1.82) is 0 Å². The number of hydrogen-bond acceptors (Lipinski definition) is 5. The van der Waals surface area contributed by atoms with Crippen molar-refractivity contribution in [3.63, 3.8) is 0 Å². The summed E-state index contributed by atoms with van der Waals surface area (Å²) in [4.78, 5) is 26.6. The molecule has 0 saturated carbocycles. The van der Waals surface area contributed by atoms with Crippen LogP contribution >= 0.6 is 0 Å². The highest BCUT2D eigenvalue weighted by Gasteiger charge is 2.29. The van der Waals surface area contributed by atoms with Gasteiger partial charge in [0, 0.05) is 23.9 Å². The smallest absolute Gasteiger partial charge is 0.331 e. The molecular formula is C22H23NO5. The van der Waals surface area contributed by atoms with Gasteiger partial charge in [0.2, 0.25) is 0 Å². The van der Waals surface area contributed by atoms with E-state index < -0.39 is 12.1 Å². The molecule has 6 nitrogen and oxygen atoms in total. The highest BCUT2D eigenvalue weighted by Crippen LogP contribution is 2.28. The van der Waals surface area contributed by atoms with Gasteiger partial charge in [0.05, 0.1) is 14.2 Å². The van der Waals surface area contributed by atoms with Crippen molar-refractivity contribution in [2.24, 2.45) is 0 Å². The summed E-state index contributed by atoms with van der Waals surface area (Å²) >= 11 is 0. The van der Waals surface area contributed by atoms with Crippen LogP contribution in [-0.2, 0) is 20.7 Å². The van der Waals surface area contributed by atoms with E-state index in [0.29, 0.717) is 23.6 Å². The number of carbonyl (C=O) groups excluding carboxylic acids is 2. The quantitative estimate of drug-likeness (QED) is 0.568. The second kappa shape index (κ2) is 8.61. The number of anilines is 1. The summed E-state index contributed by atoms with van der Waals surface area (Å²) in [6, 6.07) is 13.0. The van der Waals surface area contributed by atoms with Gasteiger partial charge in [-0.1, -0.05) is 18.2 Å². The summed E-state index contributed by atoms with van der Waals surface area (Å²) in [6.45, 7) is 2.18. The van der Waals surface area contributed by atoms with Crippen LogP contribution in [-0.4, -0.2) is 38.7 Å². The standard InChI is InChI=1S/C22H23NO5/c1-15(22(25)23-13-12-16-6-4-5-7-19(16)23)28-21(24)11-8-17-14-18(26-2)9-10-20(17)27-3/h4-11,14-15H,12-13H2,1-3H3/b11-8+. The van der Waals surface area contributed by atoms with Gasteiger partial charge in [-0.25, -0.2) is 4.79 Å². The average Bonchev–Trinajstić information content (AvgIpc) is 3.15. The lowest BCUT2D eigenvalue weighted by molar-refractivity contribution is -0.149. The second-order valence-corrected chi connectivity index (χ2v) is 6.39. The molecule has 146 valence electrons. The largest absolute Gasteiger partial charge is 0.497 e. The van der Waals surface area contributed by atoms with Gasteiger partial charge in [0.15, 0.2) is 6.10 Å². The third kappa shape index (κ3) is 4.17. The third-order valence-corrected chi connectivity index (χ3v) is 4.63. The van der Waals surface area contributed by atoms with Crippen LogP contribution in [0.25, 0.3) is 6.08 Å². The maximum Gasteiger partial charge on any atom is 0.331 e. The Morgan fingerprint density at radius 3 is 2.64 bits per heavy atom. The van der Waals surface area contributed by atoms with Crippen molar-refractivity contribution in [3.05, 3.63) is 59.7 Å². The topological polar surface area (TPSA) is 65.1 Å². The molecule has 2 aromatic rings. The summed E-state index contributed by atoms with van der Waals surface area (Å²) < 4.78 is 15.8. The fraction of sp³-hybridized carbons (Fsp3) is 0.273. The molecule has 3 rings (SSSR count). The minimum Gasteiger partial charge on any atom is -0.497 e. The fourth-order valence-corrected chi connectivity index (χ4v) is 3.18. The molecule has 2 aromatic carbocycles. The van der Waals surface area contributed by atoms with Crippen molar-refractivity contribution in [2.45, 2.75) is 19.4 Å². The zero-order chi connectivity index (χ0) is 20.1. The predicted octanol–water partition coefficient (Wildman–Crippen LogP) is 3.24. The van der Waals surface area contributed by atoms with Crippen LogP contribution < -0.4 is 14.4 Å². The van der Waals surface area contributed by atoms with Gasteiger partial charge in [0.1, 0.15) is 11.5 Å². The normalized spacial score (nSPS) is 13.9. The number of nitrogens with zero attached hydrogens (tertiary/aromatic N) is 1. The number of esters is 1. The molecule has 0 fully saturated rings. The van der Waals surface area contributed by atoms with Crippen molar-refractivity contribution in [3.8, 4) is 11.5 Å². The Labute approximate surface area is 164 Å². The third-order valence-electron chi connectivity index (χ3n) is 4.63. The number of hydrogen-bond donors (Lipinski definition) is 0. The van der Waals surface area contributed by atoms with E-state index >= 15 is 0 Å². The second-order valence-electron chi connectivity index (χ2n) is 6.39. The summed E-state index contributed by atoms with van der Waals surface area (Å²) in [6.07, 6.45) is 2.78.